The number of halogens is 1. The van der Waals surface area contributed by atoms with Gasteiger partial charge in [0.05, 0.1) is 6.54 Å². The molecule has 0 aliphatic heterocycles. The predicted molar refractivity (Wildman–Crippen MR) is 65.2 cm³/mol. The highest BCUT2D eigenvalue weighted by Crippen LogP contribution is 2.20. The van der Waals surface area contributed by atoms with Crippen molar-refractivity contribution in [1.82, 2.24) is 10.1 Å². The SMILES string of the molecule is Cc1noc(CNc2ccc(Br)cc2C)n1. The highest BCUT2D eigenvalue weighted by Gasteiger charge is 2.03. The first kappa shape index (κ1) is 11.1. The van der Waals surface area contributed by atoms with Gasteiger partial charge in [0.1, 0.15) is 0 Å². The van der Waals surface area contributed by atoms with Gasteiger partial charge >= 0.3 is 0 Å². The number of nitrogens with one attached hydrogen (secondary N) is 1. The molecule has 1 aromatic carbocycles. The zero-order valence-corrected chi connectivity index (χ0v) is 10.7. The summed E-state index contributed by atoms with van der Waals surface area (Å²) in [5, 5.41) is 6.98. The largest absolute Gasteiger partial charge is 0.376 e. The fraction of sp³-hybridized carbons (Fsp3) is 0.273. The summed E-state index contributed by atoms with van der Waals surface area (Å²) in [7, 11) is 0. The molecule has 2 aromatic rings. The minimum atomic E-state index is 0.545. The molecule has 84 valence electrons. The monoisotopic (exact) mass is 281 g/mol. The Kier molecular flexibility index (Phi) is 3.24. The summed E-state index contributed by atoms with van der Waals surface area (Å²) in [5.41, 5.74) is 2.24. The Morgan fingerprint density at radius 1 is 1.38 bits per heavy atom. The lowest BCUT2D eigenvalue weighted by atomic mass is 10.2. The Morgan fingerprint density at radius 2 is 2.19 bits per heavy atom. The minimum absolute atomic E-state index is 0.545. The molecule has 5 heteroatoms. The number of aryl methyl sites for hydroxylation is 2. The molecule has 0 bridgehead atoms. The maximum Gasteiger partial charge on any atom is 0.245 e. The molecule has 4 nitrogen and oxygen atoms in total. The van der Waals surface area contributed by atoms with E-state index in [0.29, 0.717) is 18.3 Å². The van der Waals surface area contributed by atoms with Crippen molar-refractivity contribution in [2.75, 3.05) is 5.32 Å². The molecule has 0 radical (unpaired) electrons. The van der Waals surface area contributed by atoms with E-state index in [1.54, 1.807) is 6.92 Å². The van der Waals surface area contributed by atoms with Crippen molar-refractivity contribution >= 4 is 21.6 Å². The second kappa shape index (κ2) is 4.65. The molecule has 0 atom stereocenters. The lowest BCUT2D eigenvalue weighted by molar-refractivity contribution is 0.379. The van der Waals surface area contributed by atoms with E-state index in [0.717, 1.165) is 10.2 Å². The number of hydrogen-bond acceptors (Lipinski definition) is 4. The van der Waals surface area contributed by atoms with Gasteiger partial charge in [0, 0.05) is 10.2 Å². The van der Waals surface area contributed by atoms with Crippen molar-refractivity contribution in [2.24, 2.45) is 0 Å². The summed E-state index contributed by atoms with van der Waals surface area (Å²) in [4.78, 5) is 4.12. The predicted octanol–water partition coefficient (Wildman–Crippen LogP) is 3.06. The zero-order chi connectivity index (χ0) is 11.5. The van der Waals surface area contributed by atoms with E-state index < -0.39 is 0 Å². The third-order valence-corrected chi connectivity index (χ3v) is 2.68. The molecule has 1 aromatic heterocycles. The topological polar surface area (TPSA) is 51.0 Å². The van der Waals surface area contributed by atoms with E-state index in [2.05, 4.69) is 37.5 Å². The standard InChI is InChI=1S/C11H12BrN3O/c1-7-5-9(12)3-4-10(7)13-6-11-14-8(2)15-16-11/h3-5,13H,6H2,1-2H3. The van der Waals surface area contributed by atoms with Crippen LogP contribution in [0.4, 0.5) is 5.69 Å². The van der Waals surface area contributed by atoms with Gasteiger partial charge in [-0.3, -0.25) is 0 Å². The molecular weight excluding hydrogens is 270 g/mol. The summed E-state index contributed by atoms with van der Waals surface area (Å²) < 4.78 is 6.09. The highest BCUT2D eigenvalue weighted by atomic mass is 79.9. The van der Waals surface area contributed by atoms with Crippen LogP contribution >= 0.6 is 15.9 Å². The number of nitrogens with zero attached hydrogens (tertiary/aromatic N) is 2. The average molecular weight is 282 g/mol. The molecule has 0 aliphatic rings. The molecule has 1 heterocycles. The Labute approximate surface area is 102 Å². The molecule has 2 rings (SSSR count). The van der Waals surface area contributed by atoms with Gasteiger partial charge in [-0.05, 0) is 37.6 Å². The van der Waals surface area contributed by atoms with Crippen LogP contribution in [0.1, 0.15) is 17.3 Å². The minimum Gasteiger partial charge on any atom is -0.376 e. The van der Waals surface area contributed by atoms with Gasteiger partial charge in [-0.1, -0.05) is 21.1 Å². The van der Waals surface area contributed by atoms with Gasteiger partial charge in [-0.15, -0.1) is 0 Å². The molecule has 0 fully saturated rings. The fourth-order valence-corrected chi connectivity index (χ4v) is 1.88. The number of aromatic nitrogens is 2. The quantitative estimate of drug-likeness (QED) is 0.940. The molecule has 1 N–H and O–H groups in total. The van der Waals surface area contributed by atoms with E-state index in [1.807, 2.05) is 19.1 Å². The molecule has 0 aliphatic carbocycles. The van der Waals surface area contributed by atoms with Gasteiger partial charge in [0.25, 0.3) is 0 Å². The third-order valence-electron chi connectivity index (χ3n) is 2.19. The molecule has 16 heavy (non-hydrogen) atoms. The maximum atomic E-state index is 5.02. The van der Waals surface area contributed by atoms with Crippen LogP contribution in [0.2, 0.25) is 0 Å². The first-order chi connectivity index (χ1) is 7.65. The van der Waals surface area contributed by atoms with Crippen molar-refractivity contribution < 1.29 is 4.52 Å². The van der Waals surface area contributed by atoms with E-state index in [-0.39, 0.29) is 0 Å². The van der Waals surface area contributed by atoms with Crippen LogP contribution in [-0.2, 0) is 6.54 Å². The Hall–Kier alpha value is -1.36. The van der Waals surface area contributed by atoms with Crippen molar-refractivity contribution in [1.29, 1.82) is 0 Å². The van der Waals surface area contributed by atoms with E-state index in [9.17, 15) is 0 Å². The molecule has 0 saturated carbocycles. The Balaban J connectivity index is 2.04. The number of benzene rings is 1. The van der Waals surface area contributed by atoms with Gasteiger partial charge in [0.15, 0.2) is 5.82 Å². The first-order valence-electron chi connectivity index (χ1n) is 4.94. The van der Waals surface area contributed by atoms with Crippen molar-refractivity contribution in [3.8, 4) is 0 Å². The zero-order valence-electron chi connectivity index (χ0n) is 9.12. The summed E-state index contributed by atoms with van der Waals surface area (Å²) in [6.07, 6.45) is 0. The van der Waals surface area contributed by atoms with Crippen LogP contribution in [0.3, 0.4) is 0 Å². The summed E-state index contributed by atoms with van der Waals surface area (Å²) in [5.74, 6) is 1.25. The van der Waals surface area contributed by atoms with Crippen LogP contribution in [0.25, 0.3) is 0 Å². The maximum absolute atomic E-state index is 5.02. The highest BCUT2D eigenvalue weighted by molar-refractivity contribution is 9.10. The Bertz CT molecular complexity index is 496. The van der Waals surface area contributed by atoms with Crippen molar-refractivity contribution in [2.45, 2.75) is 20.4 Å². The number of rotatable bonds is 3. The van der Waals surface area contributed by atoms with Gasteiger partial charge in [-0.25, -0.2) is 0 Å². The van der Waals surface area contributed by atoms with Gasteiger partial charge < -0.3 is 9.84 Å². The Morgan fingerprint density at radius 3 is 2.81 bits per heavy atom. The van der Waals surface area contributed by atoms with Crippen LogP contribution in [0.15, 0.2) is 27.2 Å². The molecular formula is C11H12BrN3O. The second-order valence-corrected chi connectivity index (χ2v) is 4.46. The normalized spacial score (nSPS) is 10.4. The lowest BCUT2D eigenvalue weighted by Crippen LogP contribution is -2.01. The molecule has 0 spiro atoms. The smallest absolute Gasteiger partial charge is 0.245 e. The van der Waals surface area contributed by atoms with Crippen LogP contribution in [-0.4, -0.2) is 10.1 Å². The molecule has 0 saturated heterocycles. The summed E-state index contributed by atoms with van der Waals surface area (Å²) in [6.45, 7) is 4.40. The third kappa shape index (κ3) is 2.61. The number of anilines is 1. The lowest BCUT2D eigenvalue weighted by Gasteiger charge is -2.07. The second-order valence-electron chi connectivity index (χ2n) is 3.55. The van der Waals surface area contributed by atoms with Crippen LogP contribution < -0.4 is 5.32 Å². The summed E-state index contributed by atoms with van der Waals surface area (Å²) >= 11 is 3.43. The van der Waals surface area contributed by atoms with Gasteiger partial charge in [0.2, 0.25) is 5.89 Å². The van der Waals surface area contributed by atoms with Crippen LogP contribution in [0.5, 0.6) is 0 Å². The van der Waals surface area contributed by atoms with Crippen molar-refractivity contribution in [3.63, 3.8) is 0 Å². The van der Waals surface area contributed by atoms with Crippen LogP contribution in [0, 0.1) is 13.8 Å². The van der Waals surface area contributed by atoms with E-state index >= 15 is 0 Å². The van der Waals surface area contributed by atoms with E-state index in [4.69, 9.17) is 4.52 Å². The first-order valence-corrected chi connectivity index (χ1v) is 5.73. The van der Waals surface area contributed by atoms with Crippen molar-refractivity contribution in [3.05, 3.63) is 40.0 Å². The summed E-state index contributed by atoms with van der Waals surface area (Å²) in [6, 6.07) is 6.07. The average Bonchev–Trinajstić information content (AvgIpc) is 2.63. The fourth-order valence-electron chi connectivity index (χ4n) is 1.41. The van der Waals surface area contributed by atoms with E-state index in [1.165, 1.54) is 5.56 Å². The number of hydrogen-bond donors (Lipinski definition) is 1. The molecule has 0 unspecified atom stereocenters. The van der Waals surface area contributed by atoms with Gasteiger partial charge in [-0.2, -0.15) is 4.98 Å². The molecule has 0 amide bonds.